The first-order valence-corrected chi connectivity index (χ1v) is 8.61. The summed E-state index contributed by atoms with van der Waals surface area (Å²) in [4.78, 5) is 4.89. The molecule has 0 aromatic heterocycles. The first-order chi connectivity index (χ1) is 8.65. The third-order valence-corrected chi connectivity index (χ3v) is 5.23. The highest BCUT2D eigenvalue weighted by molar-refractivity contribution is 8.13. The molecule has 0 saturated heterocycles. The van der Waals surface area contributed by atoms with E-state index in [0.717, 1.165) is 5.92 Å². The lowest BCUT2D eigenvalue weighted by molar-refractivity contribution is 0.473. The normalized spacial score (nSPS) is 34.0. The molecule has 1 N–H and O–H groups in total. The van der Waals surface area contributed by atoms with E-state index in [0.29, 0.717) is 18.0 Å². The minimum absolute atomic E-state index is 0.540. The number of aliphatic imine (C=N–C) groups is 1. The molecule has 0 spiro atoms. The van der Waals surface area contributed by atoms with Crippen LogP contribution in [0.25, 0.3) is 0 Å². The van der Waals surface area contributed by atoms with Gasteiger partial charge in [0.2, 0.25) is 0 Å². The summed E-state index contributed by atoms with van der Waals surface area (Å²) in [6.07, 6.45) is 8.07. The molecule has 1 aliphatic heterocycles. The van der Waals surface area contributed by atoms with Gasteiger partial charge in [0.1, 0.15) is 0 Å². The van der Waals surface area contributed by atoms with Crippen molar-refractivity contribution in [2.45, 2.75) is 71.4 Å². The van der Waals surface area contributed by atoms with Gasteiger partial charge >= 0.3 is 0 Å². The first-order valence-electron chi connectivity index (χ1n) is 7.62. The maximum atomic E-state index is 4.89. The van der Waals surface area contributed by atoms with Crippen molar-refractivity contribution in [2.24, 2.45) is 16.8 Å². The number of nitrogens with one attached hydrogen (secondary N) is 1. The first kappa shape index (κ1) is 14.2. The standard InChI is InChI=1S/C15H28N2S/c1-11(2)14-9-10-18-15(17-14)16-13-6-4-5-12(3)7-8-13/h11-14H,4-10H2,1-3H3,(H,16,17). The second kappa shape index (κ2) is 6.83. The molecule has 1 aliphatic carbocycles. The lowest BCUT2D eigenvalue weighted by Gasteiger charge is -2.26. The molecule has 1 heterocycles. The van der Waals surface area contributed by atoms with Gasteiger partial charge in [0.05, 0.1) is 6.04 Å². The second-order valence-electron chi connectivity index (χ2n) is 6.34. The van der Waals surface area contributed by atoms with Gasteiger partial charge in [-0.05, 0) is 37.5 Å². The maximum absolute atomic E-state index is 4.89. The van der Waals surface area contributed by atoms with Crippen molar-refractivity contribution in [3.63, 3.8) is 0 Å². The Morgan fingerprint density at radius 2 is 2.00 bits per heavy atom. The van der Waals surface area contributed by atoms with E-state index in [4.69, 9.17) is 4.99 Å². The Kier molecular flexibility index (Phi) is 5.40. The van der Waals surface area contributed by atoms with Crippen molar-refractivity contribution in [2.75, 3.05) is 5.75 Å². The fourth-order valence-corrected chi connectivity index (χ4v) is 3.91. The van der Waals surface area contributed by atoms with Gasteiger partial charge in [-0.3, -0.25) is 4.99 Å². The molecule has 18 heavy (non-hydrogen) atoms. The fraction of sp³-hybridized carbons (Fsp3) is 0.933. The van der Waals surface area contributed by atoms with E-state index in [1.54, 1.807) is 0 Å². The number of amidine groups is 1. The van der Waals surface area contributed by atoms with Gasteiger partial charge in [-0.15, -0.1) is 0 Å². The highest BCUT2D eigenvalue weighted by Gasteiger charge is 2.22. The van der Waals surface area contributed by atoms with Gasteiger partial charge in [0.15, 0.2) is 5.17 Å². The van der Waals surface area contributed by atoms with Crippen LogP contribution in [-0.2, 0) is 0 Å². The SMILES string of the molecule is CC1CCCC(NC2=NC(C(C)C)CCS2)CC1. The van der Waals surface area contributed by atoms with Crippen molar-refractivity contribution in [1.29, 1.82) is 0 Å². The molecule has 0 amide bonds. The van der Waals surface area contributed by atoms with Crippen molar-refractivity contribution in [1.82, 2.24) is 5.32 Å². The van der Waals surface area contributed by atoms with E-state index >= 15 is 0 Å². The highest BCUT2D eigenvalue weighted by Crippen LogP contribution is 2.25. The molecular weight excluding hydrogens is 240 g/mol. The van der Waals surface area contributed by atoms with Crippen LogP contribution in [0.3, 0.4) is 0 Å². The third kappa shape index (κ3) is 4.18. The van der Waals surface area contributed by atoms with Crippen LogP contribution in [0.1, 0.15) is 59.3 Å². The largest absolute Gasteiger partial charge is 0.362 e. The molecule has 104 valence electrons. The predicted octanol–water partition coefficient (Wildman–Crippen LogP) is 4.06. The molecule has 1 saturated carbocycles. The number of hydrogen-bond acceptors (Lipinski definition) is 3. The highest BCUT2D eigenvalue weighted by atomic mass is 32.2. The summed E-state index contributed by atoms with van der Waals surface area (Å²) in [5.74, 6) is 2.83. The van der Waals surface area contributed by atoms with E-state index in [1.807, 2.05) is 11.8 Å². The number of thioether (sulfide) groups is 1. The number of hydrogen-bond donors (Lipinski definition) is 1. The van der Waals surface area contributed by atoms with E-state index in [2.05, 4.69) is 26.1 Å². The van der Waals surface area contributed by atoms with Gasteiger partial charge in [-0.25, -0.2) is 0 Å². The molecule has 3 unspecified atom stereocenters. The smallest absolute Gasteiger partial charge is 0.157 e. The maximum Gasteiger partial charge on any atom is 0.157 e. The van der Waals surface area contributed by atoms with Crippen LogP contribution in [0.2, 0.25) is 0 Å². The Bertz CT molecular complexity index is 288. The number of rotatable bonds is 2. The Morgan fingerprint density at radius 1 is 1.17 bits per heavy atom. The lowest BCUT2D eigenvalue weighted by Crippen LogP contribution is -2.36. The summed E-state index contributed by atoms with van der Waals surface area (Å²) in [5, 5.41) is 4.94. The molecule has 3 heteroatoms. The van der Waals surface area contributed by atoms with Crippen LogP contribution in [0.15, 0.2) is 4.99 Å². The second-order valence-corrected chi connectivity index (χ2v) is 7.42. The quantitative estimate of drug-likeness (QED) is 0.764. The van der Waals surface area contributed by atoms with Gasteiger partial charge in [0.25, 0.3) is 0 Å². The molecule has 2 nitrogen and oxygen atoms in total. The zero-order valence-electron chi connectivity index (χ0n) is 12.1. The summed E-state index contributed by atoms with van der Waals surface area (Å²) < 4.78 is 0. The van der Waals surface area contributed by atoms with Crippen molar-refractivity contribution in [3.8, 4) is 0 Å². The predicted molar refractivity (Wildman–Crippen MR) is 82.3 cm³/mol. The summed E-state index contributed by atoms with van der Waals surface area (Å²) in [6, 6.07) is 1.21. The van der Waals surface area contributed by atoms with E-state index < -0.39 is 0 Å². The zero-order valence-corrected chi connectivity index (χ0v) is 12.9. The Morgan fingerprint density at radius 3 is 2.78 bits per heavy atom. The van der Waals surface area contributed by atoms with Crippen LogP contribution in [0, 0.1) is 11.8 Å². The summed E-state index contributed by atoms with van der Waals surface area (Å²) in [5.41, 5.74) is 0. The zero-order chi connectivity index (χ0) is 13.0. The Balaban J connectivity index is 1.88. The van der Waals surface area contributed by atoms with Crippen molar-refractivity contribution < 1.29 is 0 Å². The van der Waals surface area contributed by atoms with Crippen LogP contribution >= 0.6 is 11.8 Å². The van der Waals surface area contributed by atoms with E-state index in [-0.39, 0.29) is 0 Å². The molecule has 2 aliphatic rings. The summed E-state index contributed by atoms with van der Waals surface area (Å²) in [7, 11) is 0. The molecule has 3 atom stereocenters. The molecule has 2 rings (SSSR count). The van der Waals surface area contributed by atoms with Crippen LogP contribution in [-0.4, -0.2) is 23.0 Å². The van der Waals surface area contributed by atoms with Crippen LogP contribution in [0.4, 0.5) is 0 Å². The summed E-state index contributed by atoms with van der Waals surface area (Å²) >= 11 is 1.92. The van der Waals surface area contributed by atoms with Crippen LogP contribution < -0.4 is 5.32 Å². The third-order valence-electron chi connectivity index (χ3n) is 4.29. The van der Waals surface area contributed by atoms with Crippen molar-refractivity contribution >= 4 is 16.9 Å². The van der Waals surface area contributed by atoms with Gasteiger partial charge in [-0.2, -0.15) is 0 Å². The van der Waals surface area contributed by atoms with Crippen LogP contribution in [0.5, 0.6) is 0 Å². The average molecular weight is 268 g/mol. The Hall–Kier alpha value is -0.180. The molecule has 1 fully saturated rings. The summed E-state index contributed by atoms with van der Waals surface area (Å²) in [6.45, 7) is 6.97. The van der Waals surface area contributed by atoms with E-state index in [9.17, 15) is 0 Å². The molecule has 0 aromatic carbocycles. The van der Waals surface area contributed by atoms with Gasteiger partial charge < -0.3 is 5.32 Å². The Labute approximate surface area is 116 Å². The molecular formula is C15H28N2S. The van der Waals surface area contributed by atoms with E-state index in [1.165, 1.54) is 49.4 Å². The average Bonchev–Trinajstić information content (AvgIpc) is 2.55. The number of nitrogens with zero attached hydrogens (tertiary/aromatic N) is 1. The minimum atomic E-state index is 0.540. The molecule has 0 bridgehead atoms. The fourth-order valence-electron chi connectivity index (χ4n) is 2.90. The van der Waals surface area contributed by atoms with Gasteiger partial charge in [0, 0.05) is 11.8 Å². The van der Waals surface area contributed by atoms with Crippen molar-refractivity contribution in [3.05, 3.63) is 0 Å². The molecule has 0 radical (unpaired) electrons. The monoisotopic (exact) mass is 268 g/mol. The molecule has 0 aromatic rings. The topological polar surface area (TPSA) is 24.4 Å². The van der Waals surface area contributed by atoms with Gasteiger partial charge in [-0.1, -0.05) is 45.4 Å². The minimum Gasteiger partial charge on any atom is -0.362 e. The lowest BCUT2D eigenvalue weighted by atomic mass is 10.0.